The molecular weight excluding hydrogens is 340 g/mol. The molecule has 1 atom stereocenters. The van der Waals surface area contributed by atoms with Crippen molar-refractivity contribution in [3.63, 3.8) is 0 Å². The zero-order valence-electron chi connectivity index (χ0n) is 14.8. The fourth-order valence-corrected chi connectivity index (χ4v) is 3.24. The molecule has 1 aliphatic rings. The van der Waals surface area contributed by atoms with Crippen molar-refractivity contribution in [2.75, 3.05) is 11.9 Å². The van der Waals surface area contributed by atoms with Gasteiger partial charge in [-0.05, 0) is 25.1 Å². The standard InChI is InChI=1S/C21H18N4O2/c1-2-26-16-11-7-6-10-14(16)17-15(12-22)19(23)25-21-18(17)24-20(27-21)13-8-4-3-5-9-13/h3-11,17,25H,2,23H2,1H3/t17-/m0/s1. The van der Waals surface area contributed by atoms with E-state index < -0.39 is 5.92 Å². The van der Waals surface area contributed by atoms with E-state index in [1.165, 1.54) is 0 Å². The van der Waals surface area contributed by atoms with Gasteiger partial charge >= 0.3 is 0 Å². The Kier molecular flexibility index (Phi) is 4.27. The minimum absolute atomic E-state index is 0.261. The van der Waals surface area contributed by atoms with Gasteiger partial charge in [-0.3, -0.25) is 0 Å². The van der Waals surface area contributed by atoms with E-state index >= 15 is 0 Å². The predicted molar refractivity (Wildman–Crippen MR) is 102 cm³/mol. The molecule has 0 aliphatic carbocycles. The Hall–Kier alpha value is -3.72. The molecule has 1 aliphatic heterocycles. The van der Waals surface area contributed by atoms with Gasteiger partial charge in [-0.2, -0.15) is 5.26 Å². The largest absolute Gasteiger partial charge is 0.494 e. The maximum Gasteiger partial charge on any atom is 0.229 e. The summed E-state index contributed by atoms with van der Waals surface area (Å²) in [7, 11) is 0. The van der Waals surface area contributed by atoms with Crippen LogP contribution in [0.5, 0.6) is 5.75 Å². The van der Waals surface area contributed by atoms with Crippen LogP contribution < -0.4 is 15.8 Å². The highest BCUT2D eigenvalue weighted by Crippen LogP contribution is 2.44. The van der Waals surface area contributed by atoms with Gasteiger partial charge in [0.25, 0.3) is 0 Å². The monoisotopic (exact) mass is 358 g/mol. The molecule has 0 unspecified atom stereocenters. The summed E-state index contributed by atoms with van der Waals surface area (Å²) in [5.41, 5.74) is 8.81. The number of allylic oxidation sites excluding steroid dienone is 1. The SMILES string of the molecule is CCOc1ccccc1[C@H]1C(C#N)=C(N)Nc2oc(-c3ccccc3)nc21. The molecule has 0 spiro atoms. The van der Waals surface area contributed by atoms with Crippen LogP contribution in [0.15, 0.2) is 70.4 Å². The molecule has 6 nitrogen and oxygen atoms in total. The van der Waals surface area contributed by atoms with Gasteiger partial charge in [-0.25, -0.2) is 4.98 Å². The second-order valence-electron chi connectivity index (χ2n) is 6.07. The van der Waals surface area contributed by atoms with E-state index in [0.29, 0.717) is 35.4 Å². The van der Waals surface area contributed by atoms with E-state index in [1.807, 2.05) is 61.5 Å². The maximum absolute atomic E-state index is 9.74. The molecule has 2 heterocycles. The fourth-order valence-electron chi connectivity index (χ4n) is 3.24. The molecule has 0 radical (unpaired) electrons. The number of rotatable bonds is 4. The minimum atomic E-state index is -0.463. The Labute approximate surface area is 156 Å². The number of aromatic nitrogens is 1. The topological polar surface area (TPSA) is 97.1 Å². The quantitative estimate of drug-likeness (QED) is 0.732. The third-order valence-electron chi connectivity index (χ3n) is 4.42. The molecule has 3 N–H and O–H groups in total. The number of anilines is 1. The van der Waals surface area contributed by atoms with Crippen LogP contribution in [-0.2, 0) is 0 Å². The molecule has 2 aromatic carbocycles. The van der Waals surface area contributed by atoms with Crippen molar-refractivity contribution < 1.29 is 9.15 Å². The molecular formula is C21H18N4O2. The number of hydrogen-bond acceptors (Lipinski definition) is 6. The van der Waals surface area contributed by atoms with Gasteiger partial charge < -0.3 is 20.2 Å². The number of nitrogens with one attached hydrogen (secondary N) is 1. The van der Waals surface area contributed by atoms with E-state index in [4.69, 9.17) is 14.9 Å². The molecule has 134 valence electrons. The Bertz CT molecular complexity index is 1050. The second kappa shape index (κ2) is 6.89. The van der Waals surface area contributed by atoms with Crippen LogP contribution >= 0.6 is 0 Å². The van der Waals surface area contributed by atoms with E-state index in [9.17, 15) is 5.26 Å². The summed E-state index contributed by atoms with van der Waals surface area (Å²) in [6, 6.07) is 19.4. The number of oxazole rings is 1. The van der Waals surface area contributed by atoms with Crippen molar-refractivity contribution in [2.45, 2.75) is 12.8 Å². The van der Waals surface area contributed by atoms with Crippen LogP contribution in [0.4, 0.5) is 5.88 Å². The fraction of sp³-hybridized carbons (Fsp3) is 0.143. The lowest BCUT2D eigenvalue weighted by atomic mass is 9.86. The summed E-state index contributed by atoms with van der Waals surface area (Å²) < 4.78 is 11.7. The van der Waals surface area contributed by atoms with Crippen molar-refractivity contribution in [1.82, 2.24) is 4.98 Å². The Morgan fingerprint density at radius 2 is 1.93 bits per heavy atom. The summed E-state index contributed by atoms with van der Waals surface area (Å²) in [6.45, 7) is 2.44. The molecule has 1 aromatic heterocycles. The van der Waals surface area contributed by atoms with E-state index in [-0.39, 0.29) is 5.82 Å². The first-order valence-electron chi connectivity index (χ1n) is 8.67. The van der Waals surface area contributed by atoms with Crippen LogP contribution in [0.1, 0.15) is 24.1 Å². The van der Waals surface area contributed by atoms with Crippen LogP contribution in [0.2, 0.25) is 0 Å². The number of hydrogen-bond donors (Lipinski definition) is 2. The average Bonchev–Trinajstić information content (AvgIpc) is 3.12. The number of nitrogens with zero attached hydrogens (tertiary/aromatic N) is 2. The van der Waals surface area contributed by atoms with E-state index in [0.717, 1.165) is 11.1 Å². The van der Waals surface area contributed by atoms with Gasteiger partial charge in [0, 0.05) is 11.1 Å². The van der Waals surface area contributed by atoms with Crippen molar-refractivity contribution in [2.24, 2.45) is 5.73 Å². The number of para-hydroxylation sites is 1. The number of fused-ring (bicyclic) bond motifs is 1. The first-order chi connectivity index (χ1) is 13.2. The number of nitriles is 1. The zero-order valence-corrected chi connectivity index (χ0v) is 14.8. The molecule has 0 saturated carbocycles. The van der Waals surface area contributed by atoms with Crippen molar-refractivity contribution in [1.29, 1.82) is 5.26 Å². The van der Waals surface area contributed by atoms with Crippen LogP contribution in [0.25, 0.3) is 11.5 Å². The summed E-state index contributed by atoms with van der Waals surface area (Å²) >= 11 is 0. The molecule has 27 heavy (non-hydrogen) atoms. The smallest absolute Gasteiger partial charge is 0.229 e. The Morgan fingerprint density at radius 1 is 1.19 bits per heavy atom. The highest BCUT2D eigenvalue weighted by molar-refractivity contribution is 5.66. The summed E-state index contributed by atoms with van der Waals surface area (Å²) in [6.07, 6.45) is 0. The van der Waals surface area contributed by atoms with Crippen LogP contribution in [0, 0.1) is 11.3 Å². The van der Waals surface area contributed by atoms with Crippen LogP contribution in [0.3, 0.4) is 0 Å². The first kappa shape index (κ1) is 16.7. The normalized spacial score (nSPS) is 15.6. The molecule has 0 saturated heterocycles. The molecule has 3 aromatic rings. The van der Waals surface area contributed by atoms with Gasteiger partial charge in [0.15, 0.2) is 0 Å². The predicted octanol–water partition coefficient (Wildman–Crippen LogP) is 3.99. The highest BCUT2D eigenvalue weighted by Gasteiger charge is 2.35. The molecule has 0 amide bonds. The number of benzene rings is 2. The molecule has 6 heteroatoms. The van der Waals surface area contributed by atoms with Crippen molar-refractivity contribution in [3.05, 3.63) is 77.2 Å². The lowest BCUT2D eigenvalue weighted by molar-refractivity contribution is 0.336. The number of ether oxygens (including phenoxy) is 1. The average molecular weight is 358 g/mol. The summed E-state index contributed by atoms with van der Waals surface area (Å²) in [4.78, 5) is 4.69. The number of nitrogens with two attached hydrogens (primary N) is 1. The van der Waals surface area contributed by atoms with Gasteiger partial charge in [0.2, 0.25) is 11.8 Å². The third-order valence-corrected chi connectivity index (χ3v) is 4.42. The third kappa shape index (κ3) is 2.89. The summed E-state index contributed by atoms with van der Waals surface area (Å²) in [5, 5.41) is 12.7. The van der Waals surface area contributed by atoms with Gasteiger partial charge in [0.05, 0.1) is 24.2 Å². The molecule has 4 rings (SSSR count). The van der Waals surface area contributed by atoms with E-state index in [1.54, 1.807) is 0 Å². The lowest BCUT2D eigenvalue weighted by Gasteiger charge is -2.24. The van der Waals surface area contributed by atoms with Gasteiger partial charge in [0.1, 0.15) is 17.3 Å². The van der Waals surface area contributed by atoms with E-state index in [2.05, 4.69) is 16.4 Å². The second-order valence-corrected chi connectivity index (χ2v) is 6.07. The molecule has 0 bridgehead atoms. The zero-order chi connectivity index (χ0) is 18.8. The maximum atomic E-state index is 9.74. The van der Waals surface area contributed by atoms with Gasteiger partial charge in [-0.15, -0.1) is 0 Å². The lowest BCUT2D eigenvalue weighted by Crippen LogP contribution is -2.23. The Morgan fingerprint density at radius 3 is 2.67 bits per heavy atom. The minimum Gasteiger partial charge on any atom is -0.494 e. The summed E-state index contributed by atoms with van der Waals surface area (Å²) in [5.74, 6) is 1.41. The van der Waals surface area contributed by atoms with Gasteiger partial charge in [-0.1, -0.05) is 36.4 Å². The van der Waals surface area contributed by atoms with Crippen molar-refractivity contribution in [3.8, 4) is 23.3 Å². The highest BCUT2D eigenvalue weighted by atomic mass is 16.5. The molecule has 0 fully saturated rings. The van der Waals surface area contributed by atoms with Crippen LogP contribution in [-0.4, -0.2) is 11.6 Å². The first-order valence-corrected chi connectivity index (χ1v) is 8.67. The Balaban J connectivity index is 1.89. The van der Waals surface area contributed by atoms with Crippen molar-refractivity contribution >= 4 is 5.88 Å².